The summed E-state index contributed by atoms with van der Waals surface area (Å²) in [5.74, 6) is -1.85. The Hall–Kier alpha value is -1.43. The largest absolute Gasteiger partial charge is 0.481 e. The van der Waals surface area contributed by atoms with Crippen LogP contribution in [0.1, 0.15) is 37.9 Å². The fraction of sp³-hybridized carbons (Fsp3) is 0.643. The molecule has 1 aromatic rings. The topological polar surface area (TPSA) is 79.3 Å². The van der Waals surface area contributed by atoms with E-state index in [9.17, 15) is 9.59 Å². The minimum Gasteiger partial charge on any atom is -0.481 e. The zero-order valence-corrected chi connectivity index (χ0v) is 12.8. The summed E-state index contributed by atoms with van der Waals surface area (Å²) in [7, 11) is 0. The van der Waals surface area contributed by atoms with E-state index in [0.717, 1.165) is 10.7 Å². The normalized spacial score (nSPS) is 21.6. The number of aromatic nitrogens is 1. The highest BCUT2D eigenvalue weighted by atomic mass is 32.1. The third-order valence-corrected chi connectivity index (χ3v) is 4.31. The Bertz CT molecular complexity index is 519. The molecule has 2 atom stereocenters. The highest BCUT2D eigenvalue weighted by Gasteiger charge is 2.48. The average molecular weight is 296 g/mol. The highest BCUT2D eigenvalue weighted by Crippen LogP contribution is 2.38. The maximum absolute atomic E-state index is 11.7. The minimum absolute atomic E-state index is 0.0424. The van der Waals surface area contributed by atoms with Gasteiger partial charge in [0.25, 0.3) is 0 Å². The van der Waals surface area contributed by atoms with Crippen LogP contribution in [-0.4, -0.2) is 28.5 Å². The maximum atomic E-state index is 11.7. The molecular weight excluding hydrogens is 276 g/mol. The first-order valence-electron chi connectivity index (χ1n) is 6.74. The molecule has 6 heteroatoms. The summed E-state index contributed by atoms with van der Waals surface area (Å²) in [6, 6.07) is 0. The molecule has 0 aromatic carbocycles. The van der Waals surface area contributed by atoms with Gasteiger partial charge in [-0.2, -0.15) is 0 Å². The molecule has 20 heavy (non-hydrogen) atoms. The number of nitrogens with one attached hydrogen (secondary N) is 1. The quantitative estimate of drug-likeness (QED) is 0.868. The zero-order valence-electron chi connectivity index (χ0n) is 12.0. The van der Waals surface area contributed by atoms with Gasteiger partial charge in [-0.1, -0.05) is 20.8 Å². The van der Waals surface area contributed by atoms with Crippen LogP contribution in [0.5, 0.6) is 0 Å². The Balaban J connectivity index is 1.75. The number of hydrogen-bond acceptors (Lipinski definition) is 4. The second kappa shape index (κ2) is 5.52. The lowest BCUT2D eigenvalue weighted by atomic mass is 9.93. The smallest absolute Gasteiger partial charge is 0.307 e. The van der Waals surface area contributed by atoms with Crippen molar-refractivity contribution in [3.05, 3.63) is 16.1 Å². The van der Waals surface area contributed by atoms with Gasteiger partial charge < -0.3 is 10.4 Å². The predicted molar refractivity (Wildman–Crippen MR) is 76.8 cm³/mol. The second-order valence-electron chi connectivity index (χ2n) is 6.20. The average Bonchev–Trinajstić information content (AvgIpc) is 3.00. The molecule has 0 bridgehead atoms. The van der Waals surface area contributed by atoms with Crippen LogP contribution in [0.3, 0.4) is 0 Å². The number of thiazole rings is 1. The van der Waals surface area contributed by atoms with Crippen LogP contribution in [-0.2, 0) is 21.4 Å². The molecular formula is C14H20N2O3S. The lowest BCUT2D eigenvalue weighted by Gasteiger charge is -2.14. The number of nitrogens with zero attached hydrogens (tertiary/aromatic N) is 1. The molecule has 1 aromatic heterocycles. The molecule has 0 unspecified atom stereocenters. The van der Waals surface area contributed by atoms with Crippen molar-refractivity contribution in [3.63, 3.8) is 0 Å². The van der Waals surface area contributed by atoms with Crippen LogP contribution in [0.15, 0.2) is 5.38 Å². The first kappa shape index (κ1) is 15.0. The fourth-order valence-corrected chi connectivity index (χ4v) is 2.98. The van der Waals surface area contributed by atoms with Crippen LogP contribution < -0.4 is 5.32 Å². The molecule has 1 fully saturated rings. The molecule has 110 valence electrons. The number of rotatable bonds is 5. The summed E-state index contributed by atoms with van der Waals surface area (Å²) in [6.45, 7) is 6.87. The van der Waals surface area contributed by atoms with Gasteiger partial charge >= 0.3 is 5.97 Å². The first-order valence-corrected chi connectivity index (χ1v) is 7.62. The van der Waals surface area contributed by atoms with Crippen LogP contribution >= 0.6 is 11.3 Å². The van der Waals surface area contributed by atoms with Crippen molar-refractivity contribution in [1.82, 2.24) is 10.3 Å². The standard InChI is InChI=1S/C14H20N2O3S/c1-14(2,3)10-7-20-11(16-10)4-5-15-12(17)8-6-9(8)13(18)19/h7-9H,4-6H2,1-3H3,(H,15,17)(H,18,19)/t8-,9+/m1/s1. The van der Waals surface area contributed by atoms with Crippen molar-refractivity contribution in [2.24, 2.45) is 11.8 Å². The summed E-state index contributed by atoms with van der Waals surface area (Å²) >= 11 is 1.60. The molecule has 1 amide bonds. The molecule has 5 nitrogen and oxygen atoms in total. The molecule has 1 heterocycles. The third kappa shape index (κ3) is 3.56. The van der Waals surface area contributed by atoms with Crippen molar-refractivity contribution < 1.29 is 14.7 Å². The molecule has 2 N–H and O–H groups in total. The van der Waals surface area contributed by atoms with Gasteiger partial charge in [0.2, 0.25) is 5.91 Å². The summed E-state index contributed by atoms with van der Waals surface area (Å²) in [5, 5.41) is 14.6. The van der Waals surface area contributed by atoms with E-state index in [4.69, 9.17) is 5.11 Å². The second-order valence-corrected chi connectivity index (χ2v) is 7.15. The summed E-state index contributed by atoms with van der Waals surface area (Å²) in [4.78, 5) is 26.9. The monoisotopic (exact) mass is 296 g/mol. The Morgan fingerprint density at radius 1 is 1.45 bits per heavy atom. The molecule has 1 aliphatic rings. The van der Waals surface area contributed by atoms with Crippen molar-refractivity contribution in [3.8, 4) is 0 Å². The van der Waals surface area contributed by atoms with Gasteiger partial charge in [0.1, 0.15) is 0 Å². The van der Waals surface area contributed by atoms with E-state index in [-0.39, 0.29) is 17.2 Å². The van der Waals surface area contributed by atoms with Crippen LogP contribution in [0, 0.1) is 11.8 Å². The van der Waals surface area contributed by atoms with Gasteiger partial charge in [0.05, 0.1) is 22.5 Å². The predicted octanol–water partition coefficient (Wildman–Crippen LogP) is 1.82. The number of carbonyl (C=O) groups is 2. The van der Waals surface area contributed by atoms with Gasteiger partial charge in [-0.05, 0) is 6.42 Å². The van der Waals surface area contributed by atoms with Gasteiger partial charge in [0.15, 0.2) is 0 Å². The van der Waals surface area contributed by atoms with E-state index in [0.29, 0.717) is 19.4 Å². The maximum Gasteiger partial charge on any atom is 0.307 e. The SMILES string of the molecule is CC(C)(C)c1csc(CCNC(=O)[C@@H]2C[C@@H]2C(=O)O)n1. The third-order valence-electron chi connectivity index (χ3n) is 3.40. The summed E-state index contributed by atoms with van der Waals surface area (Å²) < 4.78 is 0. The van der Waals surface area contributed by atoms with Crippen LogP contribution in [0.4, 0.5) is 0 Å². The van der Waals surface area contributed by atoms with E-state index in [1.807, 2.05) is 0 Å². The molecule has 0 saturated heterocycles. The van der Waals surface area contributed by atoms with Gasteiger partial charge in [0, 0.05) is 23.8 Å². The lowest BCUT2D eigenvalue weighted by molar-refractivity contribution is -0.140. The number of carbonyl (C=O) groups excluding carboxylic acids is 1. The Morgan fingerprint density at radius 3 is 2.65 bits per heavy atom. The molecule has 0 aliphatic heterocycles. The Kier molecular flexibility index (Phi) is 4.13. The van der Waals surface area contributed by atoms with Crippen molar-refractivity contribution >= 4 is 23.2 Å². The molecule has 0 radical (unpaired) electrons. The van der Waals surface area contributed by atoms with Crippen molar-refractivity contribution in [1.29, 1.82) is 0 Å². The highest BCUT2D eigenvalue weighted by molar-refractivity contribution is 7.09. The molecule has 1 saturated carbocycles. The fourth-order valence-electron chi connectivity index (χ4n) is 1.95. The van der Waals surface area contributed by atoms with Crippen molar-refractivity contribution in [2.75, 3.05) is 6.54 Å². The van der Waals surface area contributed by atoms with E-state index >= 15 is 0 Å². The first-order chi connectivity index (χ1) is 9.29. The Labute approximate surface area is 122 Å². The van der Waals surface area contributed by atoms with E-state index in [2.05, 4.69) is 36.5 Å². The van der Waals surface area contributed by atoms with Crippen LogP contribution in [0.25, 0.3) is 0 Å². The summed E-state index contributed by atoms with van der Waals surface area (Å²) in [5.41, 5.74) is 1.11. The Morgan fingerprint density at radius 2 is 2.15 bits per heavy atom. The molecule has 0 spiro atoms. The van der Waals surface area contributed by atoms with Gasteiger partial charge in [-0.15, -0.1) is 11.3 Å². The summed E-state index contributed by atoms with van der Waals surface area (Å²) in [6.07, 6.45) is 1.16. The minimum atomic E-state index is -0.875. The van der Waals surface area contributed by atoms with Crippen molar-refractivity contribution in [2.45, 2.75) is 39.0 Å². The number of carboxylic acids is 1. The number of carboxylic acid groups (broad SMARTS) is 1. The lowest BCUT2D eigenvalue weighted by Crippen LogP contribution is -2.28. The van der Waals surface area contributed by atoms with Gasteiger partial charge in [-0.25, -0.2) is 4.98 Å². The van der Waals surface area contributed by atoms with E-state index < -0.39 is 11.9 Å². The van der Waals surface area contributed by atoms with E-state index in [1.165, 1.54) is 0 Å². The zero-order chi connectivity index (χ0) is 14.9. The molecule has 1 aliphatic carbocycles. The van der Waals surface area contributed by atoms with Crippen LogP contribution in [0.2, 0.25) is 0 Å². The number of amides is 1. The van der Waals surface area contributed by atoms with E-state index in [1.54, 1.807) is 11.3 Å². The van der Waals surface area contributed by atoms with Gasteiger partial charge in [-0.3, -0.25) is 9.59 Å². The number of hydrogen-bond donors (Lipinski definition) is 2. The molecule has 2 rings (SSSR count). The number of aliphatic carboxylic acids is 1.